The van der Waals surface area contributed by atoms with E-state index in [4.69, 9.17) is 21.1 Å². The summed E-state index contributed by atoms with van der Waals surface area (Å²) in [6, 6.07) is 2.93. The van der Waals surface area contributed by atoms with Crippen LogP contribution in [-0.2, 0) is 9.47 Å². The Bertz CT molecular complexity index is 614. The molecule has 0 fully saturated rings. The van der Waals surface area contributed by atoms with Crippen molar-refractivity contribution in [3.8, 4) is 0 Å². The van der Waals surface area contributed by atoms with Gasteiger partial charge in [0.1, 0.15) is 16.3 Å². The molecule has 0 aliphatic heterocycles. The number of nitrogens with one attached hydrogen (secondary N) is 1. The van der Waals surface area contributed by atoms with Gasteiger partial charge in [-0.05, 0) is 39.8 Å². The number of hydrogen-bond donors (Lipinski definition) is 1. The predicted octanol–water partition coefficient (Wildman–Crippen LogP) is 3.66. The number of ether oxygens (including phenoxy) is 2. The number of amides is 1. The molecule has 0 radical (unpaired) electrons. The van der Waals surface area contributed by atoms with E-state index in [0.717, 1.165) is 5.01 Å². The van der Waals surface area contributed by atoms with Crippen LogP contribution < -0.4 is 5.43 Å². The lowest BCUT2D eigenvalue weighted by molar-refractivity contribution is 0.0312. The van der Waals surface area contributed by atoms with Crippen LogP contribution in [0, 0.1) is 0 Å². The SMILES string of the molecule is C=CCN(Nc1nc(Cl)ccc1C(=O)OCC)C(=O)OC(C)(C)C. The van der Waals surface area contributed by atoms with E-state index in [1.54, 1.807) is 27.7 Å². The fraction of sp³-hybridized carbons (Fsp3) is 0.438. The second kappa shape index (κ2) is 8.54. The smallest absolute Gasteiger partial charge is 0.429 e. The monoisotopic (exact) mass is 355 g/mol. The van der Waals surface area contributed by atoms with Crippen molar-refractivity contribution in [3.63, 3.8) is 0 Å². The predicted molar refractivity (Wildman–Crippen MR) is 92.0 cm³/mol. The molecule has 0 aliphatic carbocycles. The number of aromatic nitrogens is 1. The fourth-order valence-corrected chi connectivity index (χ4v) is 1.78. The maximum Gasteiger partial charge on any atom is 0.429 e. The number of anilines is 1. The highest BCUT2D eigenvalue weighted by Crippen LogP contribution is 2.19. The largest absolute Gasteiger partial charge is 0.462 e. The zero-order valence-electron chi connectivity index (χ0n) is 14.3. The first kappa shape index (κ1) is 19.8. The number of hydrazine groups is 1. The van der Waals surface area contributed by atoms with Crippen molar-refractivity contribution in [2.45, 2.75) is 33.3 Å². The van der Waals surface area contributed by atoms with E-state index in [0.29, 0.717) is 0 Å². The summed E-state index contributed by atoms with van der Waals surface area (Å²) in [4.78, 5) is 28.3. The van der Waals surface area contributed by atoms with E-state index >= 15 is 0 Å². The third kappa shape index (κ3) is 6.08. The van der Waals surface area contributed by atoms with Crippen molar-refractivity contribution < 1.29 is 19.1 Å². The average molecular weight is 356 g/mol. The molecule has 0 bridgehead atoms. The van der Waals surface area contributed by atoms with Gasteiger partial charge in [-0.3, -0.25) is 5.43 Å². The quantitative estimate of drug-likeness (QED) is 0.363. The maximum atomic E-state index is 12.3. The summed E-state index contributed by atoms with van der Waals surface area (Å²) in [7, 11) is 0. The van der Waals surface area contributed by atoms with Crippen molar-refractivity contribution >= 4 is 29.5 Å². The van der Waals surface area contributed by atoms with Crippen LogP contribution in [0.2, 0.25) is 5.15 Å². The van der Waals surface area contributed by atoms with E-state index in [1.165, 1.54) is 18.2 Å². The molecule has 0 aromatic carbocycles. The zero-order valence-corrected chi connectivity index (χ0v) is 15.0. The van der Waals surface area contributed by atoms with Gasteiger partial charge in [0.05, 0.1) is 13.2 Å². The molecule has 0 saturated carbocycles. The molecule has 1 amide bonds. The van der Waals surface area contributed by atoms with Crippen molar-refractivity contribution in [1.82, 2.24) is 9.99 Å². The number of rotatable bonds is 6. The van der Waals surface area contributed by atoms with Crippen molar-refractivity contribution in [1.29, 1.82) is 0 Å². The Morgan fingerprint density at radius 3 is 2.62 bits per heavy atom. The summed E-state index contributed by atoms with van der Waals surface area (Å²) in [5.41, 5.74) is 2.22. The first-order valence-electron chi connectivity index (χ1n) is 7.39. The Morgan fingerprint density at radius 1 is 1.42 bits per heavy atom. The molecule has 0 saturated heterocycles. The van der Waals surface area contributed by atoms with Gasteiger partial charge in [0, 0.05) is 0 Å². The number of carbonyl (C=O) groups excluding carboxylic acids is 2. The lowest BCUT2D eigenvalue weighted by Crippen LogP contribution is -2.41. The summed E-state index contributed by atoms with van der Waals surface area (Å²) < 4.78 is 10.3. The highest BCUT2D eigenvalue weighted by molar-refractivity contribution is 6.29. The average Bonchev–Trinajstić information content (AvgIpc) is 2.45. The van der Waals surface area contributed by atoms with Crippen LogP contribution in [0.4, 0.5) is 10.6 Å². The van der Waals surface area contributed by atoms with Gasteiger partial charge in [0.2, 0.25) is 0 Å². The normalized spacial score (nSPS) is 10.7. The number of hydrogen-bond acceptors (Lipinski definition) is 6. The molecule has 0 spiro atoms. The second-order valence-corrected chi connectivity index (χ2v) is 6.13. The number of carbonyl (C=O) groups is 2. The Kier molecular flexibility index (Phi) is 7.03. The highest BCUT2D eigenvalue weighted by Gasteiger charge is 2.24. The van der Waals surface area contributed by atoms with E-state index < -0.39 is 17.7 Å². The number of nitrogens with zero attached hydrogens (tertiary/aromatic N) is 2. The molecule has 0 unspecified atom stereocenters. The minimum Gasteiger partial charge on any atom is -0.462 e. The van der Waals surface area contributed by atoms with Gasteiger partial charge in [-0.15, -0.1) is 6.58 Å². The summed E-state index contributed by atoms with van der Waals surface area (Å²) in [6.45, 7) is 10.9. The van der Waals surface area contributed by atoms with Gasteiger partial charge in [0.15, 0.2) is 5.82 Å². The third-order valence-corrected chi connectivity index (χ3v) is 2.73. The van der Waals surface area contributed by atoms with Crippen molar-refractivity contribution in [3.05, 3.63) is 35.5 Å². The summed E-state index contributed by atoms with van der Waals surface area (Å²) in [5, 5.41) is 1.30. The van der Waals surface area contributed by atoms with E-state index in [-0.39, 0.29) is 29.7 Å². The van der Waals surface area contributed by atoms with E-state index in [2.05, 4.69) is 17.0 Å². The van der Waals surface area contributed by atoms with Crippen LogP contribution in [0.1, 0.15) is 38.1 Å². The Labute approximate surface area is 146 Å². The van der Waals surface area contributed by atoms with Gasteiger partial charge in [-0.25, -0.2) is 19.6 Å². The molecule has 1 aromatic heterocycles. The fourth-order valence-electron chi connectivity index (χ4n) is 1.63. The van der Waals surface area contributed by atoms with Gasteiger partial charge < -0.3 is 9.47 Å². The summed E-state index contributed by atoms with van der Waals surface area (Å²) >= 11 is 5.89. The molecule has 1 aromatic rings. The first-order valence-corrected chi connectivity index (χ1v) is 7.77. The van der Waals surface area contributed by atoms with Gasteiger partial charge >= 0.3 is 12.1 Å². The molecule has 7 nitrogen and oxygen atoms in total. The Balaban J connectivity index is 3.09. The summed E-state index contributed by atoms with van der Waals surface area (Å²) in [5.74, 6) is -0.486. The number of halogens is 1. The molecule has 132 valence electrons. The summed E-state index contributed by atoms with van der Waals surface area (Å²) in [6.07, 6.45) is 0.866. The van der Waals surface area contributed by atoms with Crippen LogP contribution >= 0.6 is 11.6 Å². The van der Waals surface area contributed by atoms with Crippen molar-refractivity contribution in [2.75, 3.05) is 18.6 Å². The number of pyridine rings is 1. The van der Waals surface area contributed by atoms with Crippen LogP contribution in [0.3, 0.4) is 0 Å². The molecule has 8 heteroatoms. The van der Waals surface area contributed by atoms with E-state index in [9.17, 15) is 9.59 Å². The molecule has 0 atom stereocenters. The molecular formula is C16H22ClN3O4. The van der Waals surface area contributed by atoms with Gasteiger partial charge in [-0.2, -0.15) is 0 Å². The molecule has 1 N–H and O–H groups in total. The lowest BCUT2D eigenvalue weighted by Gasteiger charge is -2.27. The lowest BCUT2D eigenvalue weighted by atomic mass is 10.2. The second-order valence-electron chi connectivity index (χ2n) is 5.74. The standard InChI is InChI=1S/C16H22ClN3O4/c1-6-10-20(15(22)24-16(3,4)5)19-13-11(14(21)23-7-2)8-9-12(17)18-13/h6,8-9H,1,7,10H2,2-5H3,(H,18,19). The Morgan fingerprint density at radius 2 is 2.08 bits per heavy atom. The molecule has 0 aliphatic rings. The topological polar surface area (TPSA) is 80.8 Å². The number of esters is 1. The van der Waals surface area contributed by atoms with E-state index in [1.807, 2.05) is 0 Å². The van der Waals surface area contributed by atoms with Crippen LogP contribution in [-0.4, -0.2) is 40.8 Å². The minimum atomic E-state index is -0.677. The van der Waals surface area contributed by atoms with Crippen LogP contribution in [0.5, 0.6) is 0 Å². The van der Waals surface area contributed by atoms with Gasteiger partial charge in [0.25, 0.3) is 0 Å². The minimum absolute atomic E-state index is 0.0914. The zero-order chi connectivity index (χ0) is 18.3. The van der Waals surface area contributed by atoms with Crippen LogP contribution in [0.15, 0.2) is 24.8 Å². The molecule has 1 heterocycles. The van der Waals surface area contributed by atoms with Crippen LogP contribution in [0.25, 0.3) is 0 Å². The third-order valence-electron chi connectivity index (χ3n) is 2.52. The molecule has 24 heavy (non-hydrogen) atoms. The van der Waals surface area contributed by atoms with Gasteiger partial charge in [-0.1, -0.05) is 17.7 Å². The molecular weight excluding hydrogens is 334 g/mol. The Hall–Kier alpha value is -2.28. The highest BCUT2D eigenvalue weighted by atomic mass is 35.5. The molecule has 1 rings (SSSR count). The first-order chi connectivity index (χ1) is 11.2. The van der Waals surface area contributed by atoms with Crippen molar-refractivity contribution in [2.24, 2.45) is 0 Å². The maximum absolute atomic E-state index is 12.3.